The molecule has 2 atom stereocenters. The van der Waals surface area contributed by atoms with Crippen molar-refractivity contribution < 1.29 is 19.4 Å². The van der Waals surface area contributed by atoms with Crippen LogP contribution in [0.3, 0.4) is 0 Å². The van der Waals surface area contributed by atoms with Gasteiger partial charge in [0.1, 0.15) is 11.8 Å². The van der Waals surface area contributed by atoms with Gasteiger partial charge in [-0.2, -0.15) is 0 Å². The van der Waals surface area contributed by atoms with Gasteiger partial charge in [-0.05, 0) is 25.1 Å². The Labute approximate surface area is 139 Å². The van der Waals surface area contributed by atoms with Gasteiger partial charge in [0.15, 0.2) is 6.61 Å². The number of nitrogens with zero attached hydrogens (tertiary/aromatic N) is 1. The van der Waals surface area contributed by atoms with E-state index < -0.39 is 12.0 Å². The monoisotopic (exact) mass is 393 g/mol. The van der Waals surface area contributed by atoms with Gasteiger partial charge in [-0.3, -0.25) is 4.79 Å². The van der Waals surface area contributed by atoms with Gasteiger partial charge >= 0.3 is 5.97 Å². The number of carbonyl (C=O) groups excluding carboxylic acids is 1. The molecule has 1 aliphatic heterocycles. The van der Waals surface area contributed by atoms with Crippen LogP contribution in [-0.2, 0) is 9.59 Å². The van der Waals surface area contributed by atoms with Crippen LogP contribution in [0.15, 0.2) is 22.7 Å². The zero-order chi connectivity index (χ0) is 15.6. The maximum Gasteiger partial charge on any atom is 0.327 e. The molecule has 1 aromatic rings. The number of carboxylic acid groups (broad SMARTS) is 1. The molecule has 5 nitrogen and oxygen atoms in total. The van der Waals surface area contributed by atoms with Crippen molar-refractivity contribution in [1.82, 2.24) is 4.90 Å². The SMILES string of the molecule is CC1SCC(C(=O)O)N1C(=O)COc1ccc(Br)cc1Cl. The van der Waals surface area contributed by atoms with Gasteiger partial charge < -0.3 is 14.7 Å². The fourth-order valence-corrected chi connectivity index (χ4v) is 3.93. The van der Waals surface area contributed by atoms with Crippen LogP contribution in [0.5, 0.6) is 5.75 Å². The van der Waals surface area contributed by atoms with Crippen molar-refractivity contribution >= 4 is 51.2 Å². The first-order chi connectivity index (χ1) is 9.90. The maximum atomic E-state index is 12.2. The molecule has 1 aromatic carbocycles. The first-order valence-electron chi connectivity index (χ1n) is 6.13. The molecule has 0 aliphatic carbocycles. The molecule has 1 aliphatic rings. The summed E-state index contributed by atoms with van der Waals surface area (Å²) in [5.74, 6) is -0.582. The maximum absolute atomic E-state index is 12.2. The first kappa shape index (κ1) is 16.5. The third-order valence-electron chi connectivity index (χ3n) is 3.04. The Hall–Kier alpha value is -0.920. The average Bonchev–Trinajstić information content (AvgIpc) is 2.79. The van der Waals surface area contributed by atoms with E-state index in [2.05, 4.69) is 15.9 Å². The van der Waals surface area contributed by atoms with Gasteiger partial charge in [0.05, 0.1) is 10.4 Å². The highest BCUT2D eigenvalue weighted by atomic mass is 79.9. The highest BCUT2D eigenvalue weighted by Gasteiger charge is 2.39. The lowest BCUT2D eigenvalue weighted by Crippen LogP contribution is -2.46. The third-order valence-corrected chi connectivity index (χ3v) is 5.05. The fraction of sp³-hybridized carbons (Fsp3) is 0.385. The Morgan fingerprint density at radius 3 is 2.90 bits per heavy atom. The molecule has 1 N–H and O–H groups in total. The lowest BCUT2D eigenvalue weighted by atomic mass is 10.3. The molecule has 0 saturated carbocycles. The van der Waals surface area contributed by atoms with Crippen molar-refractivity contribution in [3.63, 3.8) is 0 Å². The number of aliphatic carboxylic acids is 1. The standard InChI is InChI=1S/C13H13BrClNO4S/c1-7-16(10(6-21-7)13(18)19)12(17)5-20-11-3-2-8(14)4-9(11)15/h2-4,7,10H,5-6H2,1H3,(H,18,19). The van der Waals surface area contributed by atoms with E-state index in [0.29, 0.717) is 16.5 Å². The van der Waals surface area contributed by atoms with Crippen molar-refractivity contribution in [2.45, 2.75) is 18.3 Å². The van der Waals surface area contributed by atoms with E-state index in [1.54, 1.807) is 25.1 Å². The minimum atomic E-state index is -0.998. The second-order valence-corrected chi connectivity index (χ2v) is 7.12. The molecule has 1 saturated heterocycles. The molecule has 0 spiro atoms. The van der Waals surface area contributed by atoms with E-state index in [1.807, 2.05) is 0 Å². The first-order valence-corrected chi connectivity index (χ1v) is 8.35. The number of halogens is 2. The quantitative estimate of drug-likeness (QED) is 0.850. The number of carbonyl (C=O) groups is 2. The summed E-state index contributed by atoms with van der Waals surface area (Å²) in [7, 11) is 0. The van der Waals surface area contributed by atoms with Crippen molar-refractivity contribution in [2.75, 3.05) is 12.4 Å². The Morgan fingerprint density at radius 2 is 2.29 bits per heavy atom. The topological polar surface area (TPSA) is 66.8 Å². The lowest BCUT2D eigenvalue weighted by molar-refractivity contribution is -0.149. The predicted molar refractivity (Wildman–Crippen MR) is 84.8 cm³/mol. The minimum absolute atomic E-state index is 0.178. The predicted octanol–water partition coefficient (Wildman–Crippen LogP) is 2.86. The molecule has 21 heavy (non-hydrogen) atoms. The van der Waals surface area contributed by atoms with E-state index in [4.69, 9.17) is 21.4 Å². The Kier molecular flexibility index (Phi) is 5.40. The number of rotatable bonds is 4. The zero-order valence-corrected chi connectivity index (χ0v) is 14.2. The van der Waals surface area contributed by atoms with Gasteiger partial charge in [-0.15, -0.1) is 11.8 Å². The third kappa shape index (κ3) is 3.84. The van der Waals surface area contributed by atoms with Crippen LogP contribution < -0.4 is 4.74 Å². The normalized spacial score (nSPS) is 21.4. The summed E-state index contributed by atoms with van der Waals surface area (Å²) >= 11 is 10.7. The van der Waals surface area contributed by atoms with Crippen LogP contribution in [0.1, 0.15) is 6.92 Å². The number of ether oxygens (including phenoxy) is 1. The largest absolute Gasteiger partial charge is 0.482 e. The highest BCUT2D eigenvalue weighted by Crippen LogP contribution is 2.30. The van der Waals surface area contributed by atoms with Crippen molar-refractivity contribution in [3.8, 4) is 5.75 Å². The molecule has 2 rings (SSSR count). The van der Waals surface area contributed by atoms with Crippen LogP contribution in [0.25, 0.3) is 0 Å². The van der Waals surface area contributed by atoms with Crippen molar-refractivity contribution in [3.05, 3.63) is 27.7 Å². The summed E-state index contributed by atoms with van der Waals surface area (Å²) < 4.78 is 6.20. The highest BCUT2D eigenvalue weighted by molar-refractivity contribution is 9.10. The number of hydrogen-bond donors (Lipinski definition) is 1. The molecule has 0 radical (unpaired) electrons. The summed E-state index contributed by atoms with van der Waals surface area (Å²) in [4.78, 5) is 24.7. The molecular weight excluding hydrogens is 382 g/mol. The van der Waals surface area contributed by atoms with Crippen LogP contribution in [0.4, 0.5) is 0 Å². The Balaban J connectivity index is 2.02. The van der Waals surface area contributed by atoms with Crippen LogP contribution in [0, 0.1) is 0 Å². The van der Waals surface area contributed by atoms with Gasteiger partial charge in [-0.1, -0.05) is 27.5 Å². The summed E-state index contributed by atoms with van der Waals surface area (Å²) in [5.41, 5.74) is 0. The molecule has 1 fully saturated rings. The second-order valence-electron chi connectivity index (χ2n) is 4.45. The molecule has 0 bridgehead atoms. The number of benzene rings is 1. The van der Waals surface area contributed by atoms with E-state index >= 15 is 0 Å². The smallest absolute Gasteiger partial charge is 0.327 e. The number of carboxylic acids is 1. The summed E-state index contributed by atoms with van der Waals surface area (Å²) in [6.45, 7) is 1.56. The van der Waals surface area contributed by atoms with Crippen molar-refractivity contribution in [1.29, 1.82) is 0 Å². The van der Waals surface area contributed by atoms with Crippen molar-refractivity contribution in [2.24, 2.45) is 0 Å². The van der Waals surface area contributed by atoms with E-state index in [1.165, 1.54) is 16.7 Å². The Bertz CT molecular complexity index is 571. The van der Waals surface area contributed by atoms with Crippen LogP contribution >= 0.6 is 39.3 Å². The fourth-order valence-electron chi connectivity index (χ4n) is 2.02. The number of hydrogen-bond acceptors (Lipinski definition) is 4. The minimum Gasteiger partial charge on any atom is -0.482 e. The molecule has 1 amide bonds. The van der Waals surface area contributed by atoms with Gasteiger partial charge in [-0.25, -0.2) is 4.79 Å². The van der Waals surface area contributed by atoms with E-state index in [0.717, 1.165) is 4.47 Å². The van der Waals surface area contributed by atoms with Gasteiger partial charge in [0, 0.05) is 10.2 Å². The van der Waals surface area contributed by atoms with E-state index in [9.17, 15) is 9.59 Å². The molecule has 114 valence electrons. The molecule has 8 heteroatoms. The zero-order valence-electron chi connectivity index (χ0n) is 11.1. The average molecular weight is 395 g/mol. The van der Waals surface area contributed by atoms with Gasteiger partial charge in [0.25, 0.3) is 5.91 Å². The van der Waals surface area contributed by atoms with Gasteiger partial charge in [0.2, 0.25) is 0 Å². The molecular formula is C13H13BrClNO4S. The lowest BCUT2D eigenvalue weighted by Gasteiger charge is -2.25. The molecule has 1 heterocycles. The summed E-state index contributed by atoms with van der Waals surface area (Å²) in [6.07, 6.45) is 0. The molecule has 0 aromatic heterocycles. The van der Waals surface area contributed by atoms with Crippen LogP contribution in [-0.4, -0.2) is 45.7 Å². The van der Waals surface area contributed by atoms with E-state index in [-0.39, 0.29) is 17.9 Å². The Morgan fingerprint density at radius 1 is 1.57 bits per heavy atom. The molecule has 2 unspecified atom stereocenters. The number of thioether (sulfide) groups is 1. The summed E-state index contributed by atoms with van der Waals surface area (Å²) in [6, 6.07) is 4.26. The number of amides is 1. The van der Waals surface area contributed by atoms with Crippen LogP contribution in [0.2, 0.25) is 5.02 Å². The second kappa shape index (κ2) is 6.89. The summed E-state index contributed by atoms with van der Waals surface area (Å²) in [5, 5.41) is 9.34.